The number of benzene rings is 1. The van der Waals surface area contributed by atoms with Gasteiger partial charge in [0.15, 0.2) is 0 Å². The first-order valence-corrected chi connectivity index (χ1v) is 6.92. The average Bonchev–Trinajstić information content (AvgIpc) is 2.72. The van der Waals surface area contributed by atoms with Gasteiger partial charge in [-0.3, -0.25) is 9.48 Å². The van der Waals surface area contributed by atoms with Gasteiger partial charge in [-0.2, -0.15) is 5.10 Å². The van der Waals surface area contributed by atoms with E-state index in [1.54, 1.807) is 4.68 Å². The van der Waals surface area contributed by atoms with E-state index in [1.165, 1.54) is 0 Å². The second-order valence-corrected chi connectivity index (χ2v) is 5.05. The summed E-state index contributed by atoms with van der Waals surface area (Å²) in [7, 11) is 0. The van der Waals surface area contributed by atoms with Crippen molar-refractivity contribution >= 4 is 17.6 Å². The van der Waals surface area contributed by atoms with Crippen LogP contribution in [0, 0.1) is 6.92 Å². The van der Waals surface area contributed by atoms with E-state index in [-0.39, 0.29) is 0 Å². The van der Waals surface area contributed by atoms with Gasteiger partial charge < -0.3 is 5.11 Å². The Kier molecular flexibility index (Phi) is 4.45. The lowest BCUT2D eigenvalue weighted by molar-refractivity contribution is -0.138. The summed E-state index contributed by atoms with van der Waals surface area (Å²) in [6.07, 6.45) is 0.340. The van der Waals surface area contributed by atoms with Crippen LogP contribution >= 0.6 is 11.6 Å². The summed E-state index contributed by atoms with van der Waals surface area (Å²) in [6.45, 7) is 4.46. The molecular formula is C15H17ClN2O2. The molecule has 0 bridgehead atoms. The normalized spacial score (nSPS) is 12.3. The first-order valence-electron chi connectivity index (χ1n) is 6.54. The number of halogens is 1. The number of aryl methyl sites for hydroxylation is 2. The molecule has 0 amide bonds. The van der Waals surface area contributed by atoms with Gasteiger partial charge >= 0.3 is 5.97 Å². The van der Waals surface area contributed by atoms with Crippen molar-refractivity contribution < 1.29 is 9.90 Å². The maximum absolute atomic E-state index is 11.5. The van der Waals surface area contributed by atoms with Crippen molar-refractivity contribution in [2.75, 3.05) is 0 Å². The summed E-state index contributed by atoms with van der Waals surface area (Å²) in [5, 5.41) is 14.4. The number of nitrogens with zero attached hydrogens (tertiary/aromatic N) is 2. The van der Waals surface area contributed by atoms with E-state index in [9.17, 15) is 9.90 Å². The minimum absolute atomic E-state index is 0.340. The third-order valence-corrected chi connectivity index (χ3v) is 3.84. The zero-order valence-corrected chi connectivity index (χ0v) is 12.3. The molecule has 0 aliphatic rings. The number of carboxylic acids is 1. The van der Waals surface area contributed by atoms with Crippen LogP contribution in [0.4, 0.5) is 0 Å². The Morgan fingerprint density at radius 1 is 1.40 bits per heavy atom. The SMILES string of the molecule is CCn1nc(C)c(Cl)c1CC(C(=O)O)c1ccccc1. The van der Waals surface area contributed by atoms with E-state index in [1.807, 2.05) is 44.2 Å². The first kappa shape index (κ1) is 14.6. The Balaban J connectivity index is 2.37. The fourth-order valence-corrected chi connectivity index (χ4v) is 2.50. The zero-order valence-electron chi connectivity index (χ0n) is 11.5. The Bertz CT molecular complexity index is 608. The highest BCUT2D eigenvalue weighted by molar-refractivity contribution is 6.31. The summed E-state index contributed by atoms with van der Waals surface area (Å²) in [4.78, 5) is 11.5. The number of aliphatic carboxylic acids is 1. The molecular weight excluding hydrogens is 276 g/mol. The summed E-state index contributed by atoms with van der Waals surface area (Å²) in [6, 6.07) is 9.21. The lowest BCUT2D eigenvalue weighted by atomic mass is 9.94. The fourth-order valence-electron chi connectivity index (χ4n) is 2.29. The second kappa shape index (κ2) is 6.09. The molecule has 2 aromatic rings. The van der Waals surface area contributed by atoms with Crippen molar-refractivity contribution in [1.29, 1.82) is 0 Å². The van der Waals surface area contributed by atoms with Gasteiger partial charge in [0.25, 0.3) is 0 Å². The van der Waals surface area contributed by atoms with Crippen LogP contribution in [-0.2, 0) is 17.8 Å². The van der Waals surface area contributed by atoms with Crippen LogP contribution < -0.4 is 0 Å². The molecule has 1 heterocycles. The standard InChI is InChI=1S/C15H17ClN2O2/c1-3-18-13(14(16)10(2)17-18)9-12(15(19)20)11-7-5-4-6-8-11/h4-8,12H,3,9H2,1-2H3,(H,19,20). The molecule has 0 saturated carbocycles. The second-order valence-electron chi connectivity index (χ2n) is 4.67. The average molecular weight is 293 g/mol. The Morgan fingerprint density at radius 3 is 2.60 bits per heavy atom. The molecule has 1 aromatic heterocycles. The maximum atomic E-state index is 11.5. The predicted octanol–water partition coefficient (Wildman–Crippen LogP) is 3.28. The van der Waals surface area contributed by atoms with Gasteiger partial charge in [-0.1, -0.05) is 41.9 Å². The van der Waals surface area contributed by atoms with Gasteiger partial charge in [-0.15, -0.1) is 0 Å². The summed E-state index contributed by atoms with van der Waals surface area (Å²) in [5.41, 5.74) is 2.29. The van der Waals surface area contributed by atoms with E-state index in [0.717, 1.165) is 17.0 Å². The molecule has 1 N–H and O–H groups in total. The summed E-state index contributed by atoms with van der Waals surface area (Å²) >= 11 is 6.25. The maximum Gasteiger partial charge on any atom is 0.311 e. The fraction of sp³-hybridized carbons (Fsp3) is 0.333. The molecule has 20 heavy (non-hydrogen) atoms. The molecule has 1 aromatic carbocycles. The van der Waals surface area contributed by atoms with Crippen molar-refractivity contribution in [2.45, 2.75) is 32.7 Å². The number of carboxylic acid groups (broad SMARTS) is 1. The molecule has 106 valence electrons. The lowest BCUT2D eigenvalue weighted by Crippen LogP contribution is -2.17. The molecule has 4 nitrogen and oxygen atoms in total. The van der Waals surface area contributed by atoms with Gasteiger partial charge in [0, 0.05) is 13.0 Å². The number of hydrogen-bond acceptors (Lipinski definition) is 2. The van der Waals surface area contributed by atoms with Crippen LogP contribution in [0.1, 0.15) is 29.8 Å². The molecule has 0 fully saturated rings. The number of carbonyl (C=O) groups is 1. The van der Waals surface area contributed by atoms with Gasteiger partial charge in [-0.25, -0.2) is 0 Å². The Morgan fingerprint density at radius 2 is 2.05 bits per heavy atom. The highest BCUT2D eigenvalue weighted by atomic mass is 35.5. The third-order valence-electron chi connectivity index (χ3n) is 3.35. The van der Waals surface area contributed by atoms with E-state index in [4.69, 9.17) is 11.6 Å². The van der Waals surface area contributed by atoms with Gasteiger partial charge in [0.2, 0.25) is 0 Å². The number of rotatable bonds is 5. The van der Waals surface area contributed by atoms with Crippen molar-refractivity contribution in [3.8, 4) is 0 Å². The highest BCUT2D eigenvalue weighted by Gasteiger charge is 2.24. The molecule has 2 rings (SSSR count). The zero-order chi connectivity index (χ0) is 14.7. The van der Waals surface area contributed by atoms with Crippen LogP contribution in [0.2, 0.25) is 5.02 Å². The number of hydrogen-bond donors (Lipinski definition) is 1. The Labute approximate surface area is 123 Å². The third kappa shape index (κ3) is 2.85. The summed E-state index contributed by atoms with van der Waals surface area (Å²) < 4.78 is 1.77. The van der Waals surface area contributed by atoms with Crippen molar-refractivity contribution in [3.63, 3.8) is 0 Å². The largest absolute Gasteiger partial charge is 0.481 e. The molecule has 0 aliphatic carbocycles. The van der Waals surface area contributed by atoms with E-state index in [2.05, 4.69) is 5.10 Å². The molecule has 0 saturated heterocycles. The minimum atomic E-state index is -0.853. The molecule has 1 atom stereocenters. The quantitative estimate of drug-likeness (QED) is 0.920. The predicted molar refractivity (Wildman–Crippen MR) is 78.2 cm³/mol. The van der Waals surface area contributed by atoms with Crippen molar-refractivity contribution in [2.24, 2.45) is 0 Å². The van der Waals surface area contributed by atoms with Gasteiger partial charge in [0.1, 0.15) is 0 Å². The van der Waals surface area contributed by atoms with Crippen LogP contribution in [0.15, 0.2) is 30.3 Å². The monoisotopic (exact) mass is 292 g/mol. The van der Waals surface area contributed by atoms with E-state index >= 15 is 0 Å². The Hall–Kier alpha value is -1.81. The van der Waals surface area contributed by atoms with Crippen LogP contribution in [0.5, 0.6) is 0 Å². The number of aromatic nitrogens is 2. The van der Waals surface area contributed by atoms with Crippen molar-refractivity contribution in [3.05, 3.63) is 52.3 Å². The molecule has 5 heteroatoms. The van der Waals surface area contributed by atoms with Gasteiger partial charge in [0.05, 0.1) is 22.3 Å². The first-order chi connectivity index (χ1) is 9.54. The van der Waals surface area contributed by atoms with E-state index < -0.39 is 11.9 Å². The highest BCUT2D eigenvalue weighted by Crippen LogP contribution is 2.27. The smallest absolute Gasteiger partial charge is 0.311 e. The molecule has 0 radical (unpaired) electrons. The van der Waals surface area contributed by atoms with Crippen molar-refractivity contribution in [1.82, 2.24) is 9.78 Å². The topological polar surface area (TPSA) is 55.1 Å². The van der Waals surface area contributed by atoms with E-state index in [0.29, 0.717) is 18.0 Å². The van der Waals surface area contributed by atoms with Crippen LogP contribution in [0.3, 0.4) is 0 Å². The molecule has 0 spiro atoms. The van der Waals surface area contributed by atoms with Gasteiger partial charge in [-0.05, 0) is 19.4 Å². The molecule has 1 unspecified atom stereocenters. The lowest BCUT2D eigenvalue weighted by Gasteiger charge is -2.14. The minimum Gasteiger partial charge on any atom is -0.481 e. The summed E-state index contributed by atoms with van der Waals surface area (Å²) in [5.74, 6) is -1.47. The van der Waals surface area contributed by atoms with Crippen LogP contribution in [0.25, 0.3) is 0 Å². The van der Waals surface area contributed by atoms with Crippen LogP contribution in [-0.4, -0.2) is 20.9 Å². The molecule has 0 aliphatic heterocycles.